The highest BCUT2D eigenvalue weighted by Gasteiger charge is 2.20. The number of anilines is 1. The van der Waals surface area contributed by atoms with Crippen LogP contribution in [-0.2, 0) is 4.79 Å². The first-order chi connectivity index (χ1) is 11.0. The molecular formula is C16H18ClN3O3. The summed E-state index contributed by atoms with van der Waals surface area (Å²) in [6.07, 6.45) is 1.36. The summed E-state index contributed by atoms with van der Waals surface area (Å²) in [6, 6.07) is 8.13. The monoisotopic (exact) mass is 335 g/mol. The molecule has 2 aromatic rings. The molecule has 0 aliphatic carbocycles. The lowest BCUT2D eigenvalue weighted by Gasteiger charge is -2.24. The van der Waals surface area contributed by atoms with Crippen LogP contribution in [0.3, 0.4) is 0 Å². The third-order valence-electron chi connectivity index (χ3n) is 3.00. The Balaban J connectivity index is 2.07. The second-order valence-electron chi connectivity index (χ2n) is 5.52. The first-order valence-corrected chi connectivity index (χ1v) is 7.58. The average molecular weight is 336 g/mol. The smallest absolute Gasteiger partial charge is 0.254 e. The van der Waals surface area contributed by atoms with E-state index in [2.05, 4.69) is 15.0 Å². The van der Waals surface area contributed by atoms with Crippen molar-refractivity contribution in [1.29, 1.82) is 0 Å². The van der Waals surface area contributed by atoms with Crippen molar-refractivity contribution in [3.63, 3.8) is 0 Å². The first kappa shape index (κ1) is 17.0. The van der Waals surface area contributed by atoms with Crippen LogP contribution in [0.1, 0.15) is 24.2 Å². The van der Waals surface area contributed by atoms with Gasteiger partial charge in [-0.15, -0.1) is 0 Å². The molecule has 0 aliphatic heterocycles. The Morgan fingerprint density at radius 1 is 1.26 bits per heavy atom. The number of halogens is 1. The molecule has 0 saturated carbocycles. The van der Waals surface area contributed by atoms with Crippen molar-refractivity contribution in [2.75, 3.05) is 18.4 Å². The molecule has 1 heterocycles. The minimum atomic E-state index is -0.332. The zero-order valence-corrected chi connectivity index (χ0v) is 13.7. The van der Waals surface area contributed by atoms with Crippen LogP contribution in [0.25, 0.3) is 0 Å². The Labute approximate surface area is 139 Å². The van der Waals surface area contributed by atoms with Crippen LogP contribution in [0.15, 0.2) is 41.1 Å². The molecule has 0 spiro atoms. The molecule has 2 amide bonds. The van der Waals surface area contributed by atoms with E-state index >= 15 is 0 Å². The molecule has 0 unspecified atom stereocenters. The van der Waals surface area contributed by atoms with Crippen molar-refractivity contribution in [3.05, 3.63) is 47.2 Å². The van der Waals surface area contributed by atoms with E-state index in [0.717, 1.165) is 0 Å². The summed E-state index contributed by atoms with van der Waals surface area (Å²) < 4.78 is 4.66. The topological polar surface area (TPSA) is 75.4 Å². The van der Waals surface area contributed by atoms with E-state index in [-0.39, 0.29) is 24.3 Å². The molecule has 0 bridgehead atoms. The van der Waals surface area contributed by atoms with Gasteiger partial charge in [0.15, 0.2) is 5.82 Å². The van der Waals surface area contributed by atoms with Gasteiger partial charge in [-0.25, -0.2) is 0 Å². The molecule has 0 radical (unpaired) electrons. The van der Waals surface area contributed by atoms with E-state index in [1.54, 1.807) is 24.3 Å². The van der Waals surface area contributed by atoms with Crippen LogP contribution in [0.4, 0.5) is 5.82 Å². The van der Waals surface area contributed by atoms with E-state index < -0.39 is 0 Å². The molecule has 0 fully saturated rings. The van der Waals surface area contributed by atoms with E-state index in [4.69, 9.17) is 11.6 Å². The van der Waals surface area contributed by atoms with E-state index in [1.165, 1.54) is 17.2 Å². The van der Waals surface area contributed by atoms with Gasteiger partial charge in [-0.3, -0.25) is 9.59 Å². The fraction of sp³-hybridized carbons (Fsp3) is 0.312. The molecule has 23 heavy (non-hydrogen) atoms. The van der Waals surface area contributed by atoms with Crippen LogP contribution in [-0.4, -0.2) is 35.0 Å². The summed E-state index contributed by atoms with van der Waals surface area (Å²) in [4.78, 5) is 26.2. The number of benzene rings is 1. The van der Waals surface area contributed by atoms with Gasteiger partial charge < -0.3 is 14.7 Å². The summed E-state index contributed by atoms with van der Waals surface area (Å²) in [5.74, 6) is -0.00271. The van der Waals surface area contributed by atoms with Crippen LogP contribution in [0, 0.1) is 5.92 Å². The molecule has 0 atom stereocenters. The minimum absolute atomic E-state index is 0.0630. The summed E-state index contributed by atoms with van der Waals surface area (Å²) in [5.41, 5.74) is 0.490. The lowest BCUT2D eigenvalue weighted by molar-refractivity contribution is -0.117. The first-order valence-electron chi connectivity index (χ1n) is 7.21. The molecule has 122 valence electrons. The van der Waals surface area contributed by atoms with Crippen molar-refractivity contribution < 1.29 is 14.1 Å². The lowest BCUT2D eigenvalue weighted by atomic mass is 10.1. The van der Waals surface area contributed by atoms with Crippen LogP contribution in [0.5, 0.6) is 0 Å². The zero-order valence-electron chi connectivity index (χ0n) is 13.0. The number of rotatable bonds is 6. The SMILES string of the molecule is CC(C)CN(CC(=O)Nc1ccon1)C(=O)c1ccc(Cl)cc1. The number of nitrogens with zero attached hydrogens (tertiary/aromatic N) is 2. The highest BCUT2D eigenvalue weighted by Crippen LogP contribution is 2.13. The maximum absolute atomic E-state index is 12.6. The fourth-order valence-electron chi connectivity index (χ4n) is 2.07. The maximum atomic E-state index is 12.6. The van der Waals surface area contributed by atoms with Crippen LogP contribution >= 0.6 is 11.6 Å². The summed E-state index contributed by atoms with van der Waals surface area (Å²) >= 11 is 5.84. The molecule has 1 aromatic carbocycles. The van der Waals surface area contributed by atoms with Gasteiger partial charge in [0.25, 0.3) is 5.91 Å². The Hall–Kier alpha value is -2.34. The van der Waals surface area contributed by atoms with Gasteiger partial charge in [0, 0.05) is 23.2 Å². The van der Waals surface area contributed by atoms with Gasteiger partial charge in [0.2, 0.25) is 5.91 Å². The van der Waals surface area contributed by atoms with Gasteiger partial charge >= 0.3 is 0 Å². The number of carbonyl (C=O) groups is 2. The van der Waals surface area contributed by atoms with Crippen molar-refractivity contribution >= 4 is 29.2 Å². The molecule has 0 aliphatic rings. The highest BCUT2D eigenvalue weighted by atomic mass is 35.5. The number of nitrogens with one attached hydrogen (secondary N) is 1. The molecular weight excluding hydrogens is 318 g/mol. The Morgan fingerprint density at radius 3 is 2.52 bits per heavy atom. The predicted octanol–water partition coefficient (Wildman–Crippen LogP) is 3.06. The van der Waals surface area contributed by atoms with Crippen molar-refractivity contribution in [3.8, 4) is 0 Å². The maximum Gasteiger partial charge on any atom is 0.254 e. The fourth-order valence-corrected chi connectivity index (χ4v) is 2.19. The number of amides is 2. The zero-order chi connectivity index (χ0) is 16.8. The quantitative estimate of drug-likeness (QED) is 0.880. The second-order valence-corrected chi connectivity index (χ2v) is 5.96. The Morgan fingerprint density at radius 2 is 1.96 bits per heavy atom. The molecule has 0 saturated heterocycles. The summed E-state index contributed by atoms with van der Waals surface area (Å²) in [7, 11) is 0. The van der Waals surface area contributed by atoms with Gasteiger partial charge in [0.05, 0.1) is 0 Å². The van der Waals surface area contributed by atoms with Crippen molar-refractivity contribution in [2.45, 2.75) is 13.8 Å². The summed E-state index contributed by atoms with van der Waals surface area (Å²) in [6.45, 7) is 4.37. The Kier molecular flexibility index (Phi) is 5.76. The van der Waals surface area contributed by atoms with E-state index in [9.17, 15) is 9.59 Å². The number of hydrogen-bond donors (Lipinski definition) is 1. The average Bonchev–Trinajstić information content (AvgIpc) is 2.99. The van der Waals surface area contributed by atoms with Crippen LogP contribution in [0.2, 0.25) is 5.02 Å². The third-order valence-corrected chi connectivity index (χ3v) is 3.26. The van der Waals surface area contributed by atoms with Crippen LogP contribution < -0.4 is 5.32 Å². The van der Waals surface area contributed by atoms with Gasteiger partial charge in [-0.2, -0.15) is 0 Å². The number of aromatic nitrogens is 1. The van der Waals surface area contributed by atoms with Crippen molar-refractivity contribution in [2.24, 2.45) is 5.92 Å². The standard InChI is InChI=1S/C16H18ClN3O3/c1-11(2)9-20(10-15(21)18-14-7-8-23-19-14)16(22)12-3-5-13(17)6-4-12/h3-8,11H,9-10H2,1-2H3,(H,18,19,21). The lowest BCUT2D eigenvalue weighted by Crippen LogP contribution is -2.40. The third kappa shape index (κ3) is 5.10. The Bertz CT molecular complexity index is 654. The highest BCUT2D eigenvalue weighted by molar-refractivity contribution is 6.30. The normalized spacial score (nSPS) is 10.6. The van der Waals surface area contributed by atoms with E-state index in [0.29, 0.717) is 22.9 Å². The molecule has 2 rings (SSSR count). The molecule has 1 aromatic heterocycles. The van der Waals surface area contributed by atoms with Gasteiger partial charge in [0.1, 0.15) is 12.8 Å². The summed E-state index contributed by atoms with van der Waals surface area (Å²) in [5, 5.41) is 6.75. The minimum Gasteiger partial charge on any atom is -0.363 e. The molecule has 7 heteroatoms. The van der Waals surface area contributed by atoms with Gasteiger partial charge in [-0.1, -0.05) is 30.6 Å². The van der Waals surface area contributed by atoms with Crippen molar-refractivity contribution in [1.82, 2.24) is 10.1 Å². The largest absolute Gasteiger partial charge is 0.363 e. The van der Waals surface area contributed by atoms with Gasteiger partial charge in [-0.05, 0) is 30.2 Å². The molecule has 6 nitrogen and oxygen atoms in total. The predicted molar refractivity (Wildman–Crippen MR) is 87.3 cm³/mol. The van der Waals surface area contributed by atoms with E-state index in [1.807, 2.05) is 13.8 Å². The molecule has 1 N–H and O–H groups in total. The second kappa shape index (κ2) is 7.78. The number of hydrogen-bond acceptors (Lipinski definition) is 4. The number of carbonyl (C=O) groups excluding carboxylic acids is 2.